The van der Waals surface area contributed by atoms with E-state index in [0.29, 0.717) is 0 Å². The summed E-state index contributed by atoms with van der Waals surface area (Å²) in [4.78, 5) is 13.5. The van der Waals surface area contributed by atoms with Gasteiger partial charge in [-0.15, -0.1) is 0 Å². The van der Waals surface area contributed by atoms with Gasteiger partial charge in [-0.25, -0.2) is 4.79 Å². The van der Waals surface area contributed by atoms with E-state index in [9.17, 15) is 4.79 Å². The third-order valence-corrected chi connectivity index (χ3v) is 3.12. The van der Waals surface area contributed by atoms with Gasteiger partial charge in [0.15, 0.2) is 0 Å². The Balaban J connectivity index is 2.13. The molecule has 0 saturated carbocycles. The third kappa shape index (κ3) is 2.94. The molecule has 1 fully saturated rings. The van der Waals surface area contributed by atoms with Crippen molar-refractivity contribution in [2.75, 3.05) is 18.0 Å². The second-order valence-corrected chi connectivity index (χ2v) is 4.57. The van der Waals surface area contributed by atoms with Gasteiger partial charge < -0.3 is 10.1 Å². The number of hydrogen-bond donors (Lipinski definition) is 1. The molecule has 1 aliphatic rings. The third-order valence-electron chi connectivity index (χ3n) is 3.12. The number of hydrogen-bond acceptors (Lipinski definition) is 2. The fourth-order valence-corrected chi connectivity index (χ4v) is 1.92. The second-order valence-electron chi connectivity index (χ2n) is 4.57. The maximum absolute atomic E-state index is 11.8. The van der Waals surface area contributed by atoms with Crippen LogP contribution in [-0.4, -0.2) is 25.2 Å². The van der Waals surface area contributed by atoms with Crippen LogP contribution in [0, 0.1) is 0 Å². The molecule has 1 aromatic rings. The van der Waals surface area contributed by atoms with Crippen LogP contribution in [0.1, 0.15) is 26.7 Å². The van der Waals surface area contributed by atoms with Crippen LogP contribution in [0.25, 0.3) is 0 Å². The van der Waals surface area contributed by atoms with Gasteiger partial charge in [0.1, 0.15) is 5.75 Å². The Morgan fingerprint density at radius 2 is 2.33 bits per heavy atom. The molecule has 1 saturated heterocycles. The van der Waals surface area contributed by atoms with Gasteiger partial charge in [0.05, 0.1) is 6.10 Å². The zero-order valence-electron chi connectivity index (χ0n) is 11.0. The van der Waals surface area contributed by atoms with Gasteiger partial charge in [0.25, 0.3) is 0 Å². The van der Waals surface area contributed by atoms with E-state index in [0.717, 1.165) is 37.4 Å². The smallest absolute Gasteiger partial charge is 0.321 e. The van der Waals surface area contributed by atoms with Crippen molar-refractivity contribution in [3.8, 4) is 5.75 Å². The molecule has 0 aliphatic carbocycles. The lowest BCUT2D eigenvalue weighted by molar-refractivity contribution is 0.217. The van der Waals surface area contributed by atoms with Crippen molar-refractivity contribution in [2.45, 2.75) is 32.8 Å². The lowest BCUT2D eigenvalue weighted by atomic mass is 10.2. The number of benzene rings is 1. The summed E-state index contributed by atoms with van der Waals surface area (Å²) in [6.45, 7) is 5.66. The zero-order chi connectivity index (χ0) is 13.0. The molecule has 4 heteroatoms. The van der Waals surface area contributed by atoms with Crippen molar-refractivity contribution in [3.63, 3.8) is 0 Å². The van der Waals surface area contributed by atoms with E-state index in [1.54, 1.807) is 4.90 Å². The molecule has 18 heavy (non-hydrogen) atoms. The lowest BCUT2D eigenvalue weighted by Gasteiger charge is -2.27. The lowest BCUT2D eigenvalue weighted by Crippen LogP contribution is -2.46. The number of rotatable bonds is 4. The van der Waals surface area contributed by atoms with Gasteiger partial charge in [-0.1, -0.05) is 13.0 Å². The first-order valence-corrected chi connectivity index (χ1v) is 6.53. The Kier molecular flexibility index (Phi) is 4.07. The molecule has 2 rings (SSSR count). The number of nitrogens with zero attached hydrogens (tertiary/aromatic N) is 1. The van der Waals surface area contributed by atoms with E-state index < -0.39 is 0 Å². The van der Waals surface area contributed by atoms with E-state index in [1.165, 1.54) is 0 Å². The summed E-state index contributed by atoms with van der Waals surface area (Å²) >= 11 is 0. The summed E-state index contributed by atoms with van der Waals surface area (Å²) in [5, 5.41) is 2.85. The van der Waals surface area contributed by atoms with Crippen molar-refractivity contribution < 1.29 is 9.53 Å². The van der Waals surface area contributed by atoms with E-state index in [1.807, 2.05) is 31.2 Å². The molecule has 1 N–H and O–H groups in total. The molecule has 1 heterocycles. The number of carbonyl (C=O) groups excluding carboxylic acids is 1. The van der Waals surface area contributed by atoms with E-state index in [-0.39, 0.29) is 12.1 Å². The summed E-state index contributed by atoms with van der Waals surface area (Å²) < 4.78 is 5.77. The summed E-state index contributed by atoms with van der Waals surface area (Å²) in [6.07, 6.45) is 2.13. The van der Waals surface area contributed by atoms with Crippen LogP contribution in [-0.2, 0) is 0 Å². The average Bonchev–Trinajstić information content (AvgIpc) is 2.39. The standard InChI is InChI=1S/C14H20N2O2/c1-3-11(2)18-13-7-4-6-12(10-13)16-9-5-8-15-14(16)17/h4,6-7,10-11H,3,5,8-9H2,1-2H3,(H,15,17). The predicted molar refractivity (Wildman–Crippen MR) is 72.2 cm³/mol. The van der Waals surface area contributed by atoms with Crippen LogP contribution in [0.15, 0.2) is 24.3 Å². The first kappa shape index (κ1) is 12.7. The number of amides is 2. The van der Waals surface area contributed by atoms with Crippen LogP contribution in [0.4, 0.5) is 10.5 Å². The molecule has 0 radical (unpaired) electrons. The molecule has 2 amide bonds. The summed E-state index contributed by atoms with van der Waals surface area (Å²) in [6, 6.07) is 7.69. The van der Waals surface area contributed by atoms with Gasteiger partial charge in [0.2, 0.25) is 0 Å². The molecule has 98 valence electrons. The Bertz CT molecular complexity index is 420. The molecule has 0 aromatic heterocycles. The number of carbonyl (C=O) groups is 1. The summed E-state index contributed by atoms with van der Waals surface area (Å²) in [5.74, 6) is 0.820. The van der Waals surface area contributed by atoms with Gasteiger partial charge in [-0.05, 0) is 31.9 Å². The van der Waals surface area contributed by atoms with E-state index in [4.69, 9.17) is 4.74 Å². The topological polar surface area (TPSA) is 41.6 Å². The van der Waals surface area contributed by atoms with Crippen molar-refractivity contribution in [2.24, 2.45) is 0 Å². The summed E-state index contributed by atoms with van der Waals surface area (Å²) in [7, 11) is 0. The highest BCUT2D eigenvalue weighted by atomic mass is 16.5. The highest BCUT2D eigenvalue weighted by molar-refractivity contribution is 5.92. The van der Waals surface area contributed by atoms with Crippen LogP contribution in [0.2, 0.25) is 0 Å². The first-order chi connectivity index (χ1) is 8.70. The highest BCUT2D eigenvalue weighted by Gasteiger charge is 2.19. The minimum atomic E-state index is -0.0260. The van der Waals surface area contributed by atoms with Gasteiger partial charge in [-0.2, -0.15) is 0 Å². The molecule has 1 atom stereocenters. The van der Waals surface area contributed by atoms with Gasteiger partial charge >= 0.3 is 6.03 Å². The fourth-order valence-electron chi connectivity index (χ4n) is 1.92. The Hall–Kier alpha value is -1.71. The minimum absolute atomic E-state index is 0.0260. The molecule has 0 bridgehead atoms. The van der Waals surface area contributed by atoms with Crippen LogP contribution in [0.5, 0.6) is 5.75 Å². The van der Waals surface area contributed by atoms with E-state index >= 15 is 0 Å². The van der Waals surface area contributed by atoms with Crippen molar-refractivity contribution in [3.05, 3.63) is 24.3 Å². The quantitative estimate of drug-likeness (QED) is 0.890. The number of ether oxygens (including phenoxy) is 1. The fraction of sp³-hybridized carbons (Fsp3) is 0.500. The highest BCUT2D eigenvalue weighted by Crippen LogP contribution is 2.23. The van der Waals surface area contributed by atoms with Crippen molar-refractivity contribution >= 4 is 11.7 Å². The molecule has 1 unspecified atom stereocenters. The molecule has 1 aromatic carbocycles. The summed E-state index contributed by atoms with van der Waals surface area (Å²) in [5.41, 5.74) is 0.896. The molecule has 1 aliphatic heterocycles. The maximum Gasteiger partial charge on any atom is 0.321 e. The van der Waals surface area contributed by atoms with Crippen LogP contribution < -0.4 is 15.0 Å². The van der Waals surface area contributed by atoms with Crippen LogP contribution >= 0.6 is 0 Å². The Morgan fingerprint density at radius 3 is 3.06 bits per heavy atom. The largest absolute Gasteiger partial charge is 0.491 e. The maximum atomic E-state index is 11.8. The minimum Gasteiger partial charge on any atom is -0.491 e. The predicted octanol–water partition coefficient (Wildman–Crippen LogP) is 2.78. The van der Waals surface area contributed by atoms with E-state index in [2.05, 4.69) is 12.2 Å². The number of nitrogens with one attached hydrogen (secondary N) is 1. The average molecular weight is 248 g/mol. The Labute approximate surface area is 108 Å². The normalized spacial score (nSPS) is 17.2. The second kappa shape index (κ2) is 5.76. The van der Waals surface area contributed by atoms with Crippen molar-refractivity contribution in [1.29, 1.82) is 0 Å². The SMILES string of the molecule is CCC(C)Oc1cccc(N2CCCNC2=O)c1. The Morgan fingerprint density at radius 1 is 1.50 bits per heavy atom. The molecular formula is C14H20N2O2. The molecule has 0 spiro atoms. The van der Waals surface area contributed by atoms with Crippen molar-refractivity contribution in [1.82, 2.24) is 5.32 Å². The first-order valence-electron chi connectivity index (χ1n) is 6.53. The monoisotopic (exact) mass is 248 g/mol. The molecular weight excluding hydrogens is 228 g/mol. The zero-order valence-corrected chi connectivity index (χ0v) is 11.0. The van der Waals surface area contributed by atoms with Gasteiger partial charge in [-0.3, -0.25) is 4.90 Å². The number of urea groups is 1. The van der Waals surface area contributed by atoms with Crippen LogP contribution in [0.3, 0.4) is 0 Å². The van der Waals surface area contributed by atoms with Gasteiger partial charge in [0, 0.05) is 24.8 Å². The number of anilines is 1. The molecule has 4 nitrogen and oxygen atoms in total.